The first kappa shape index (κ1) is 15.5. The Kier molecular flexibility index (Phi) is 4.53. The number of aromatic nitrogens is 1. The molecular weight excluding hydrogens is 302 g/mol. The molecule has 0 aliphatic carbocycles. The lowest BCUT2D eigenvalue weighted by molar-refractivity contribution is 0.102. The predicted molar refractivity (Wildman–Crippen MR) is 77.6 cm³/mol. The molecule has 1 fully saturated rings. The standard InChI is InChI=1S/C12H18ClN3O3S/c1-8-11(4-5-19-8)16(3)20(17,18)9-6-10(13)12(14-2)15-7-9/h6-8,11H,4-5H2,1-3H3,(H,14,15). The number of hydrogen-bond donors (Lipinski definition) is 1. The molecule has 1 N–H and O–H groups in total. The lowest BCUT2D eigenvalue weighted by Gasteiger charge is -2.26. The summed E-state index contributed by atoms with van der Waals surface area (Å²) >= 11 is 6.00. The number of nitrogens with one attached hydrogen (secondary N) is 1. The summed E-state index contributed by atoms with van der Waals surface area (Å²) in [6.07, 6.45) is 1.88. The average Bonchev–Trinajstić information content (AvgIpc) is 2.83. The summed E-state index contributed by atoms with van der Waals surface area (Å²) in [6.45, 7) is 2.45. The normalized spacial score (nSPS) is 23.2. The largest absolute Gasteiger partial charge is 0.377 e. The van der Waals surface area contributed by atoms with Crippen molar-refractivity contribution < 1.29 is 13.2 Å². The van der Waals surface area contributed by atoms with Crippen LogP contribution in [0.1, 0.15) is 13.3 Å². The maximum atomic E-state index is 12.6. The fourth-order valence-corrected chi connectivity index (χ4v) is 4.03. The Morgan fingerprint density at radius 3 is 2.75 bits per heavy atom. The molecule has 1 aliphatic heterocycles. The zero-order valence-electron chi connectivity index (χ0n) is 11.6. The lowest BCUT2D eigenvalue weighted by atomic mass is 10.2. The average molecular weight is 320 g/mol. The molecule has 1 aliphatic rings. The molecule has 2 heterocycles. The quantitative estimate of drug-likeness (QED) is 0.912. The third kappa shape index (κ3) is 2.76. The van der Waals surface area contributed by atoms with E-state index in [0.717, 1.165) is 0 Å². The molecule has 112 valence electrons. The Bertz CT molecular complexity index is 594. The van der Waals surface area contributed by atoms with E-state index in [0.29, 0.717) is 18.8 Å². The Morgan fingerprint density at radius 2 is 2.25 bits per heavy atom. The topological polar surface area (TPSA) is 71.5 Å². The van der Waals surface area contributed by atoms with Crippen molar-refractivity contribution in [3.05, 3.63) is 17.3 Å². The highest BCUT2D eigenvalue weighted by atomic mass is 35.5. The van der Waals surface area contributed by atoms with Crippen LogP contribution in [0.25, 0.3) is 0 Å². The first-order chi connectivity index (χ1) is 9.37. The molecule has 1 aromatic heterocycles. The van der Waals surface area contributed by atoms with Crippen LogP contribution < -0.4 is 5.32 Å². The Balaban J connectivity index is 2.32. The van der Waals surface area contributed by atoms with Crippen LogP contribution in [0.2, 0.25) is 5.02 Å². The van der Waals surface area contributed by atoms with Crippen LogP contribution >= 0.6 is 11.6 Å². The predicted octanol–water partition coefficient (Wildman–Crippen LogP) is 1.57. The maximum Gasteiger partial charge on any atom is 0.244 e. The van der Waals surface area contributed by atoms with Gasteiger partial charge >= 0.3 is 0 Å². The number of hydrogen-bond acceptors (Lipinski definition) is 5. The molecular formula is C12H18ClN3O3S. The van der Waals surface area contributed by atoms with Crippen LogP contribution in [0.3, 0.4) is 0 Å². The van der Waals surface area contributed by atoms with Gasteiger partial charge in [0.25, 0.3) is 0 Å². The molecule has 6 nitrogen and oxygen atoms in total. The van der Waals surface area contributed by atoms with Gasteiger partial charge in [-0.3, -0.25) is 0 Å². The van der Waals surface area contributed by atoms with Gasteiger partial charge in [0.2, 0.25) is 10.0 Å². The highest BCUT2D eigenvalue weighted by molar-refractivity contribution is 7.89. The maximum absolute atomic E-state index is 12.6. The van der Waals surface area contributed by atoms with Gasteiger partial charge in [0, 0.05) is 26.9 Å². The van der Waals surface area contributed by atoms with Crippen molar-refractivity contribution in [3.63, 3.8) is 0 Å². The minimum Gasteiger partial charge on any atom is -0.377 e. The van der Waals surface area contributed by atoms with Crippen molar-refractivity contribution in [2.75, 3.05) is 26.0 Å². The molecule has 0 aromatic carbocycles. The Hall–Kier alpha value is -0.890. The van der Waals surface area contributed by atoms with E-state index in [-0.39, 0.29) is 22.1 Å². The molecule has 0 bridgehead atoms. The van der Waals surface area contributed by atoms with Crippen LogP contribution in [-0.4, -0.2) is 50.6 Å². The molecule has 1 aromatic rings. The van der Waals surface area contributed by atoms with Crippen molar-refractivity contribution in [3.8, 4) is 0 Å². The van der Waals surface area contributed by atoms with E-state index in [1.54, 1.807) is 14.1 Å². The van der Waals surface area contributed by atoms with Crippen LogP contribution in [0.4, 0.5) is 5.82 Å². The summed E-state index contributed by atoms with van der Waals surface area (Å²) in [5, 5.41) is 3.07. The summed E-state index contributed by atoms with van der Waals surface area (Å²) in [5.74, 6) is 0.450. The van der Waals surface area contributed by atoms with Crippen LogP contribution in [0, 0.1) is 0 Å². The van der Waals surface area contributed by atoms with E-state index in [2.05, 4.69) is 10.3 Å². The van der Waals surface area contributed by atoms with E-state index < -0.39 is 10.0 Å². The summed E-state index contributed by atoms with van der Waals surface area (Å²) in [4.78, 5) is 4.10. The molecule has 2 atom stereocenters. The minimum absolute atomic E-state index is 0.0862. The lowest BCUT2D eigenvalue weighted by Crippen LogP contribution is -2.40. The molecule has 0 amide bonds. The van der Waals surface area contributed by atoms with Gasteiger partial charge in [-0.25, -0.2) is 13.4 Å². The molecule has 2 unspecified atom stereocenters. The SMILES string of the molecule is CNc1ncc(S(=O)(=O)N(C)C2CCOC2C)cc1Cl. The second-order valence-electron chi connectivity index (χ2n) is 4.70. The number of sulfonamides is 1. The Labute approximate surface area is 124 Å². The molecule has 0 spiro atoms. The fourth-order valence-electron chi connectivity index (χ4n) is 2.29. The van der Waals surface area contributed by atoms with E-state index in [1.807, 2.05) is 6.92 Å². The number of likely N-dealkylation sites (N-methyl/N-ethyl adjacent to an activating group) is 1. The number of anilines is 1. The fraction of sp³-hybridized carbons (Fsp3) is 0.583. The minimum atomic E-state index is -3.62. The van der Waals surface area contributed by atoms with Crippen molar-refractivity contribution in [2.45, 2.75) is 30.4 Å². The summed E-state index contributed by atoms with van der Waals surface area (Å²) in [6, 6.07) is 1.25. The van der Waals surface area contributed by atoms with Crippen molar-refractivity contribution in [1.29, 1.82) is 0 Å². The number of pyridine rings is 1. The Morgan fingerprint density at radius 1 is 1.55 bits per heavy atom. The van der Waals surface area contributed by atoms with Crippen LogP contribution in [-0.2, 0) is 14.8 Å². The van der Waals surface area contributed by atoms with E-state index >= 15 is 0 Å². The second-order valence-corrected chi connectivity index (χ2v) is 7.11. The monoisotopic (exact) mass is 319 g/mol. The van der Waals surface area contributed by atoms with Gasteiger partial charge in [-0.2, -0.15) is 4.31 Å². The molecule has 8 heteroatoms. The van der Waals surface area contributed by atoms with Gasteiger partial charge in [-0.15, -0.1) is 0 Å². The van der Waals surface area contributed by atoms with Gasteiger partial charge in [0.1, 0.15) is 10.7 Å². The number of rotatable bonds is 4. The van der Waals surface area contributed by atoms with E-state index in [9.17, 15) is 8.42 Å². The molecule has 20 heavy (non-hydrogen) atoms. The zero-order chi connectivity index (χ0) is 14.9. The van der Waals surface area contributed by atoms with Crippen molar-refractivity contribution >= 4 is 27.4 Å². The smallest absolute Gasteiger partial charge is 0.244 e. The highest BCUT2D eigenvalue weighted by Gasteiger charge is 2.35. The third-order valence-corrected chi connectivity index (χ3v) is 5.67. The van der Waals surface area contributed by atoms with Crippen LogP contribution in [0.5, 0.6) is 0 Å². The van der Waals surface area contributed by atoms with Gasteiger partial charge in [-0.05, 0) is 19.4 Å². The van der Waals surface area contributed by atoms with Crippen molar-refractivity contribution in [1.82, 2.24) is 9.29 Å². The first-order valence-corrected chi connectivity index (χ1v) is 8.12. The third-order valence-electron chi connectivity index (χ3n) is 3.53. The van der Waals surface area contributed by atoms with Gasteiger partial charge in [-0.1, -0.05) is 11.6 Å². The van der Waals surface area contributed by atoms with Crippen LogP contribution in [0.15, 0.2) is 17.2 Å². The zero-order valence-corrected chi connectivity index (χ0v) is 13.2. The van der Waals surface area contributed by atoms with E-state index in [4.69, 9.17) is 16.3 Å². The summed E-state index contributed by atoms with van der Waals surface area (Å²) < 4.78 is 31.9. The molecule has 1 saturated heterocycles. The van der Waals surface area contributed by atoms with E-state index in [1.165, 1.54) is 16.6 Å². The molecule has 2 rings (SSSR count). The van der Waals surface area contributed by atoms with Gasteiger partial charge < -0.3 is 10.1 Å². The molecule has 0 saturated carbocycles. The summed E-state index contributed by atoms with van der Waals surface area (Å²) in [5.41, 5.74) is 0. The van der Waals surface area contributed by atoms with Gasteiger partial charge in [0.05, 0.1) is 17.2 Å². The van der Waals surface area contributed by atoms with Crippen molar-refractivity contribution in [2.24, 2.45) is 0 Å². The molecule has 0 radical (unpaired) electrons. The highest BCUT2D eigenvalue weighted by Crippen LogP contribution is 2.27. The summed E-state index contributed by atoms with van der Waals surface area (Å²) in [7, 11) is -0.391. The number of nitrogens with zero attached hydrogens (tertiary/aromatic N) is 2. The van der Waals surface area contributed by atoms with Gasteiger partial charge in [0.15, 0.2) is 0 Å². The first-order valence-electron chi connectivity index (χ1n) is 6.31. The number of ether oxygens (including phenoxy) is 1. The number of halogens is 1. The second kappa shape index (κ2) is 5.85.